The molecule has 0 aliphatic heterocycles. The zero-order valence-corrected chi connectivity index (χ0v) is 16.8. The van der Waals surface area contributed by atoms with Crippen LogP contribution in [0.4, 0.5) is 4.39 Å². The summed E-state index contributed by atoms with van der Waals surface area (Å²) < 4.78 is 16.2. The van der Waals surface area contributed by atoms with E-state index in [-0.39, 0.29) is 18.2 Å². The fourth-order valence-corrected chi connectivity index (χ4v) is 3.73. The molecule has 6 nitrogen and oxygen atoms in total. The monoisotopic (exact) mass is 432 g/mol. The minimum Gasteiger partial charge on any atom is -0.292 e. The van der Waals surface area contributed by atoms with Crippen LogP contribution in [0.1, 0.15) is 10.4 Å². The van der Waals surface area contributed by atoms with E-state index >= 15 is 0 Å². The molecule has 0 aliphatic rings. The number of fused-ring (bicyclic) bond motifs is 3. The van der Waals surface area contributed by atoms with Crippen LogP contribution in [0.25, 0.3) is 27.9 Å². The lowest BCUT2D eigenvalue weighted by Crippen LogP contribution is -2.30. The van der Waals surface area contributed by atoms with Gasteiger partial charge in [0.25, 0.3) is 0 Å². The van der Waals surface area contributed by atoms with E-state index < -0.39 is 11.5 Å². The van der Waals surface area contributed by atoms with Gasteiger partial charge in [-0.1, -0.05) is 48.0 Å². The van der Waals surface area contributed by atoms with Crippen LogP contribution in [-0.4, -0.2) is 24.9 Å². The van der Waals surface area contributed by atoms with Crippen LogP contribution in [0.5, 0.6) is 0 Å². The molecule has 0 atom stereocenters. The number of carbonyl (C=O) groups excluding carboxylic acids is 1. The Morgan fingerprint density at radius 3 is 2.61 bits per heavy atom. The number of Topliss-reactive ketones (excluding diaryl/α,β-unsaturated/α-hetero) is 1. The number of hydrogen-bond acceptors (Lipinski definition) is 4. The van der Waals surface area contributed by atoms with Crippen LogP contribution in [-0.2, 0) is 6.54 Å². The van der Waals surface area contributed by atoms with Crippen molar-refractivity contribution in [2.24, 2.45) is 0 Å². The van der Waals surface area contributed by atoms with Gasteiger partial charge in [0.05, 0.1) is 12.1 Å². The van der Waals surface area contributed by atoms with E-state index in [0.29, 0.717) is 32.7 Å². The highest BCUT2D eigenvalue weighted by atomic mass is 35.5. The molecule has 3 aromatic carbocycles. The Hall–Kier alpha value is -3.84. The lowest BCUT2D eigenvalue weighted by Gasteiger charge is -2.10. The van der Waals surface area contributed by atoms with Crippen molar-refractivity contribution >= 4 is 33.9 Å². The first-order valence-electron chi connectivity index (χ1n) is 9.44. The van der Waals surface area contributed by atoms with Gasteiger partial charge >= 0.3 is 5.69 Å². The van der Waals surface area contributed by atoms with Crippen molar-refractivity contribution in [2.75, 3.05) is 0 Å². The molecule has 152 valence electrons. The highest BCUT2D eigenvalue weighted by molar-refractivity contribution is 6.31. The number of ketones is 1. The molecule has 8 heteroatoms. The molecule has 0 radical (unpaired) electrons. The average Bonchev–Trinajstić information content (AvgIpc) is 3.22. The number of benzene rings is 3. The van der Waals surface area contributed by atoms with Crippen LogP contribution in [0.2, 0.25) is 5.02 Å². The zero-order chi connectivity index (χ0) is 21.5. The van der Waals surface area contributed by atoms with Crippen molar-refractivity contribution in [3.05, 3.63) is 99.7 Å². The number of nitrogens with zero attached hydrogens (tertiary/aromatic N) is 4. The molecule has 0 aliphatic carbocycles. The summed E-state index contributed by atoms with van der Waals surface area (Å²) in [7, 11) is 0. The second kappa shape index (κ2) is 7.45. The minimum absolute atomic E-state index is 0.190. The Bertz CT molecular complexity index is 1540. The summed E-state index contributed by atoms with van der Waals surface area (Å²) in [5.41, 5.74) is 1.23. The molecule has 0 saturated heterocycles. The summed E-state index contributed by atoms with van der Waals surface area (Å²) in [4.78, 5) is 30.6. The first-order valence-corrected chi connectivity index (χ1v) is 9.82. The van der Waals surface area contributed by atoms with Gasteiger partial charge in [0.15, 0.2) is 17.3 Å². The fraction of sp³-hybridized carbons (Fsp3) is 0.0435. The summed E-state index contributed by atoms with van der Waals surface area (Å²) in [6.45, 7) is -0.190. The zero-order valence-electron chi connectivity index (χ0n) is 16.0. The van der Waals surface area contributed by atoms with Crippen LogP contribution in [0, 0.1) is 5.82 Å². The van der Waals surface area contributed by atoms with Gasteiger partial charge in [-0.3, -0.25) is 9.36 Å². The predicted molar refractivity (Wildman–Crippen MR) is 116 cm³/mol. The van der Waals surface area contributed by atoms with Crippen molar-refractivity contribution in [1.29, 1.82) is 0 Å². The summed E-state index contributed by atoms with van der Waals surface area (Å²) >= 11 is 6.00. The van der Waals surface area contributed by atoms with E-state index in [1.54, 1.807) is 54.6 Å². The van der Waals surface area contributed by atoms with E-state index in [1.807, 2.05) is 6.07 Å². The molecular formula is C23H14ClFN4O2. The second-order valence-electron chi connectivity index (χ2n) is 7.00. The summed E-state index contributed by atoms with van der Waals surface area (Å²) in [6, 6.07) is 19.6. The highest BCUT2D eigenvalue weighted by Gasteiger charge is 2.18. The number of hydrogen-bond donors (Lipinski definition) is 0. The van der Waals surface area contributed by atoms with E-state index in [9.17, 15) is 14.0 Å². The van der Waals surface area contributed by atoms with Gasteiger partial charge in [0, 0.05) is 21.5 Å². The molecule has 0 N–H and O–H groups in total. The molecule has 2 heterocycles. The van der Waals surface area contributed by atoms with Crippen molar-refractivity contribution in [3.63, 3.8) is 0 Å². The maximum atomic E-state index is 13.7. The Morgan fingerprint density at radius 2 is 1.81 bits per heavy atom. The maximum absolute atomic E-state index is 13.7. The van der Waals surface area contributed by atoms with Crippen molar-refractivity contribution in [3.8, 4) is 11.4 Å². The number of rotatable bonds is 4. The van der Waals surface area contributed by atoms with E-state index in [2.05, 4.69) is 10.1 Å². The second-order valence-corrected chi connectivity index (χ2v) is 7.44. The maximum Gasteiger partial charge on any atom is 0.351 e. The molecule has 0 unspecified atom stereocenters. The summed E-state index contributed by atoms with van der Waals surface area (Å²) in [5.74, 6) is -0.467. The lowest BCUT2D eigenvalue weighted by molar-refractivity contribution is 0.0971. The van der Waals surface area contributed by atoms with Crippen LogP contribution in [0.15, 0.2) is 77.6 Å². The van der Waals surface area contributed by atoms with E-state index in [1.165, 1.54) is 16.7 Å². The topological polar surface area (TPSA) is 69.3 Å². The van der Waals surface area contributed by atoms with Gasteiger partial charge in [-0.25, -0.2) is 14.2 Å². The van der Waals surface area contributed by atoms with Gasteiger partial charge in [0.1, 0.15) is 5.82 Å². The first-order chi connectivity index (χ1) is 15.0. The molecule has 2 aromatic heterocycles. The molecule has 31 heavy (non-hydrogen) atoms. The summed E-state index contributed by atoms with van der Waals surface area (Å²) in [5, 5.41) is 5.39. The lowest BCUT2D eigenvalue weighted by atomic mass is 10.1. The average molecular weight is 433 g/mol. The van der Waals surface area contributed by atoms with Gasteiger partial charge in [0.2, 0.25) is 0 Å². The minimum atomic E-state index is -0.515. The smallest absolute Gasteiger partial charge is 0.292 e. The number of halogens is 2. The third-order valence-electron chi connectivity index (χ3n) is 4.99. The van der Waals surface area contributed by atoms with E-state index in [4.69, 9.17) is 11.6 Å². The number of carbonyl (C=O) groups is 1. The molecule has 0 fully saturated rings. The van der Waals surface area contributed by atoms with Gasteiger partial charge in [-0.2, -0.15) is 4.52 Å². The normalized spacial score (nSPS) is 11.3. The van der Waals surface area contributed by atoms with Crippen LogP contribution < -0.4 is 5.69 Å². The van der Waals surface area contributed by atoms with Crippen LogP contribution >= 0.6 is 11.6 Å². The van der Waals surface area contributed by atoms with Crippen molar-refractivity contribution in [2.45, 2.75) is 6.54 Å². The molecule has 0 saturated carbocycles. The molecule has 0 amide bonds. The third-order valence-corrected chi connectivity index (χ3v) is 5.22. The van der Waals surface area contributed by atoms with Crippen molar-refractivity contribution in [1.82, 2.24) is 19.2 Å². The quantitative estimate of drug-likeness (QED) is 0.395. The van der Waals surface area contributed by atoms with E-state index in [0.717, 1.165) is 4.52 Å². The predicted octanol–water partition coefficient (Wildman–Crippen LogP) is 4.39. The van der Waals surface area contributed by atoms with Crippen LogP contribution in [0.3, 0.4) is 0 Å². The molecular weight excluding hydrogens is 419 g/mol. The van der Waals surface area contributed by atoms with Gasteiger partial charge < -0.3 is 0 Å². The first kappa shape index (κ1) is 19.1. The molecule has 0 bridgehead atoms. The molecule has 5 aromatic rings. The third kappa shape index (κ3) is 3.39. The Morgan fingerprint density at radius 1 is 1.00 bits per heavy atom. The Labute approximate surface area is 180 Å². The van der Waals surface area contributed by atoms with Gasteiger partial charge in [-0.15, -0.1) is 5.10 Å². The fourth-order valence-electron chi connectivity index (χ4n) is 3.53. The van der Waals surface area contributed by atoms with Crippen molar-refractivity contribution < 1.29 is 9.18 Å². The molecule has 5 rings (SSSR count). The standard InChI is InChI=1S/C23H14ClFN4O2/c24-16-7-3-5-14(11-16)20(30)13-28-19-10-2-1-9-18(19)22-26-21(27-29(22)23(28)31)15-6-4-8-17(25)12-15/h1-12H,13H2. The molecule has 0 spiro atoms. The Balaban J connectivity index is 1.70. The largest absolute Gasteiger partial charge is 0.351 e. The number of aromatic nitrogens is 4. The number of para-hydroxylation sites is 1. The Kier molecular flexibility index (Phi) is 4.60. The highest BCUT2D eigenvalue weighted by Crippen LogP contribution is 2.22. The SMILES string of the molecule is O=C(Cn1c(=O)n2nc(-c3cccc(F)c3)nc2c2ccccc21)c1cccc(Cl)c1. The van der Waals surface area contributed by atoms with Gasteiger partial charge in [-0.05, 0) is 36.4 Å². The summed E-state index contributed by atoms with van der Waals surface area (Å²) in [6.07, 6.45) is 0.